The third kappa shape index (κ3) is 7.05. The first-order valence-electron chi connectivity index (χ1n) is 8.84. The molecule has 0 aromatic heterocycles. The number of carbonyl (C=O) groups excluding carboxylic acids is 1. The van der Waals surface area contributed by atoms with Gasteiger partial charge in [0.05, 0.1) is 6.26 Å². The van der Waals surface area contributed by atoms with Gasteiger partial charge in [0.25, 0.3) is 5.91 Å². The summed E-state index contributed by atoms with van der Waals surface area (Å²) < 4.78 is 33.1. The van der Waals surface area contributed by atoms with Crippen molar-refractivity contribution in [3.05, 3.63) is 59.1 Å². The predicted molar refractivity (Wildman–Crippen MR) is 109 cm³/mol. The topological polar surface area (TPSA) is 72.9 Å². The molecule has 0 heterocycles. The van der Waals surface area contributed by atoms with Crippen LogP contribution in [0, 0.1) is 0 Å². The summed E-state index contributed by atoms with van der Waals surface area (Å²) in [6.07, 6.45) is 1.76. The molecule has 2 aromatic carbocycles. The minimum Gasteiger partial charge on any atom is -0.484 e. The van der Waals surface area contributed by atoms with Crippen molar-refractivity contribution in [2.45, 2.75) is 32.9 Å². The maximum atomic E-state index is 12.7. The fourth-order valence-electron chi connectivity index (χ4n) is 2.54. The van der Waals surface area contributed by atoms with Crippen LogP contribution in [0.5, 0.6) is 11.5 Å². The lowest BCUT2D eigenvalue weighted by Crippen LogP contribution is -2.40. The molecule has 1 unspecified atom stereocenters. The number of nitrogens with zero attached hydrogens (tertiary/aromatic N) is 1. The largest absolute Gasteiger partial charge is 0.484 e. The van der Waals surface area contributed by atoms with E-state index in [1.807, 2.05) is 19.9 Å². The second-order valence-electron chi connectivity index (χ2n) is 6.46. The molecule has 0 radical (unpaired) electrons. The number of hydrogen-bond acceptors (Lipinski definition) is 5. The molecule has 6 nitrogen and oxygen atoms in total. The van der Waals surface area contributed by atoms with Crippen LogP contribution in [-0.2, 0) is 21.5 Å². The zero-order valence-electron chi connectivity index (χ0n) is 16.1. The molecular formula is C20H24ClNO5S. The van der Waals surface area contributed by atoms with E-state index in [1.54, 1.807) is 47.4 Å². The molecule has 0 aliphatic carbocycles. The van der Waals surface area contributed by atoms with E-state index in [-0.39, 0.29) is 24.3 Å². The van der Waals surface area contributed by atoms with Crippen LogP contribution in [0.1, 0.15) is 25.8 Å². The predicted octanol–water partition coefficient (Wildman–Crippen LogP) is 3.88. The van der Waals surface area contributed by atoms with Gasteiger partial charge >= 0.3 is 10.1 Å². The third-order valence-corrected chi connectivity index (χ3v) is 4.87. The highest BCUT2D eigenvalue weighted by molar-refractivity contribution is 7.86. The molecule has 0 saturated heterocycles. The Morgan fingerprint density at radius 1 is 1.14 bits per heavy atom. The molecule has 0 aliphatic heterocycles. The first-order chi connectivity index (χ1) is 13.2. The lowest BCUT2D eigenvalue weighted by atomic mass is 10.1. The van der Waals surface area contributed by atoms with Gasteiger partial charge in [-0.2, -0.15) is 8.42 Å². The van der Waals surface area contributed by atoms with Gasteiger partial charge in [-0.05, 0) is 55.3 Å². The van der Waals surface area contributed by atoms with Gasteiger partial charge < -0.3 is 13.8 Å². The Balaban J connectivity index is 2.09. The van der Waals surface area contributed by atoms with Crippen LogP contribution in [0.3, 0.4) is 0 Å². The average molecular weight is 426 g/mol. The van der Waals surface area contributed by atoms with Gasteiger partial charge in [-0.1, -0.05) is 30.7 Å². The van der Waals surface area contributed by atoms with E-state index >= 15 is 0 Å². The fraction of sp³-hybridized carbons (Fsp3) is 0.350. The van der Waals surface area contributed by atoms with E-state index in [0.717, 1.165) is 18.2 Å². The monoisotopic (exact) mass is 425 g/mol. The smallest absolute Gasteiger partial charge is 0.306 e. The molecule has 1 atom stereocenters. The number of benzene rings is 2. The van der Waals surface area contributed by atoms with Crippen LogP contribution in [0.25, 0.3) is 0 Å². The fourth-order valence-corrected chi connectivity index (χ4v) is 3.12. The lowest BCUT2D eigenvalue weighted by molar-refractivity contribution is -0.136. The standard InChI is InChI=1S/C20H24ClNO5S/c1-4-15(2)22(20(23)14-26-18-10-8-17(21)9-11-18)13-16-6-5-7-19(12-16)27-28(3,24)25/h5-12,15H,4,13-14H2,1-3H3. The van der Waals surface area contributed by atoms with Crippen LogP contribution in [0.15, 0.2) is 48.5 Å². The molecule has 8 heteroatoms. The highest BCUT2D eigenvalue weighted by Crippen LogP contribution is 2.19. The second-order valence-corrected chi connectivity index (χ2v) is 8.47. The van der Waals surface area contributed by atoms with Crippen molar-refractivity contribution in [1.29, 1.82) is 0 Å². The van der Waals surface area contributed by atoms with Crippen molar-refractivity contribution in [3.8, 4) is 11.5 Å². The molecular weight excluding hydrogens is 402 g/mol. The molecule has 2 aromatic rings. The number of carbonyl (C=O) groups is 1. The number of hydrogen-bond donors (Lipinski definition) is 0. The average Bonchev–Trinajstić information content (AvgIpc) is 2.63. The third-order valence-electron chi connectivity index (χ3n) is 4.12. The quantitative estimate of drug-likeness (QED) is 0.570. The van der Waals surface area contributed by atoms with Crippen LogP contribution in [0.4, 0.5) is 0 Å². The maximum absolute atomic E-state index is 12.7. The van der Waals surface area contributed by atoms with E-state index in [9.17, 15) is 13.2 Å². The van der Waals surface area contributed by atoms with Gasteiger partial charge in [0.15, 0.2) is 6.61 Å². The van der Waals surface area contributed by atoms with Crippen molar-refractivity contribution in [2.24, 2.45) is 0 Å². The molecule has 0 saturated carbocycles. The van der Waals surface area contributed by atoms with Gasteiger partial charge in [-0.25, -0.2) is 0 Å². The van der Waals surface area contributed by atoms with E-state index in [2.05, 4.69) is 0 Å². The van der Waals surface area contributed by atoms with Gasteiger partial charge in [0.2, 0.25) is 0 Å². The van der Waals surface area contributed by atoms with E-state index in [0.29, 0.717) is 17.3 Å². The number of halogens is 1. The van der Waals surface area contributed by atoms with Gasteiger partial charge in [0, 0.05) is 17.6 Å². The summed E-state index contributed by atoms with van der Waals surface area (Å²) in [6.45, 7) is 4.16. The van der Waals surface area contributed by atoms with Crippen molar-refractivity contribution < 1.29 is 22.1 Å². The number of amides is 1. The molecule has 28 heavy (non-hydrogen) atoms. The van der Waals surface area contributed by atoms with Gasteiger partial charge in [-0.3, -0.25) is 4.79 Å². The minimum absolute atomic E-state index is 0.0131. The zero-order chi connectivity index (χ0) is 20.7. The van der Waals surface area contributed by atoms with Crippen molar-refractivity contribution >= 4 is 27.6 Å². The maximum Gasteiger partial charge on any atom is 0.306 e. The Labute approximate surface area is 171 Å². The molecule has 1 amide bonds. The summed E-state index contributed by atoms with van der Waals surface area (Å²) in [6, 6.07) is 13.5. The molecule has 0 spiro atoms. The summed E-state index contributed by atoms with van der Waals surface area (Å²) in [5.74, 6) is 0.609. The molecule has 0 fully saturated rings. The summed E-state index contributed by atoms with van der Waals surface area (Å²) in [7, 11) is -3.61. The van der Waals surface area contributed by atoms with Crippen LogP contribution in [0.2, 0.25) is 5.02 Å². The first kappa shape index (κ1) is 22.0. The Morgan fingerprint density at radius 3 is 2.43 bits per heavy atom. The minimum atomic E-state index is -3.61. The Hall–Kier alpha value is -2.25. The lowest BCUT2D eigenvalue weighted by Gasteiger charge is -2.29. The molecule has 152 valence electrons. The molecule has 0 bridgehead atoms. The molecule has 2 rings (SSSR count). The van der Waals surface area contributed by atoms with Crippen molar-refractivity contribution in [1.82, 2.24) is 4.90 Å². The zero-order valence-corrected chi connectivity index (χ0v) is 17.7. The molecule has 0 N–H and O–H groups in total. The number of ether oxygens (including phenoxy) is 1. The van der Waals surface area contributed by atoms with E-state index < -0.39 is 10.1 Å². The van der Waals surface area contributed by atoms with E-state index in [4.69, 9.17) is 20.5 Å². The van der Waals surface area contributed by atoms with Crippen LogP contribution < -0.4 is 8.92 Å². The molecule has 0 aliphatic rings. The van der Waals surface area contributed by atoms with Crippen molar-refractivity contribution in [3.63, 3.8) is 0 Å². The first-order valence-corrected chi connectivity index (χ1v) is 11.0. The Morgan fingerprint density at radius 2 is 1.82 bits per heavy atom. The number of rotatable bonds is 9. The van der Waals surface area contributed by atoms with Gasteiger partial charge in [0.1, 0.15) is 11.5 Å². The van der Waals surface area contributed by atoms with Gasteiger partial charge in [-0.15, -0.1) is 0 Å². The van der Waals surface area contributed by atoms with Crippen molar-refractivity contribution in [2.75, 3.05) is 12.9 Å². The van der Waals surface area contributed by atoms with E-state index in [1.165, 1.54) is 0 Å². The summed E-state index contributed by atoms with van der Waals surface area (Å²) in [5.41, 5.74) is 0.765. The highest BCUT2D eigenvalue weighted by Gasteiger charge is 2.20. The van der Waals surface area contributed by atoms with Crippen LogP contribution >= 0.6 is 11.6 Å². The normalized spacial score (nSPS) is 12.3. The summed E-state index contributed by atoms with van der Waals surface area (Å²) in [4.78, 5) is 14.5. The second kappa shape index (κ2) is 9.80. The highest BCUT2D eigenvalue weighted by atomic mass is 35.5. The summed E-state index contributed by atoms with van der Waals surface area (Å²) in [5, 5.41) is 0.594. The summed E-state index contributed by atoms with van der Waals surface area (Å²) >= 11 is 5.85. The Kier molecular flexibility index (Phi) is 7.71. The Bertz CT molecular complexity index is 899. The van der Waals surface area contributed by atoms with Crippen LogP contribution in [-0.4, -0.2) is 38.1 Å². The SMILES string of the molecule is CCC(C)N(Cc1cccc(OS(C)(=O)=O)c1)C(=O)COc1ccc(Cl)cc1.